The van der Waals surface area contributed by atoms with Crippen molar-refractivity contribution in [3.05, 3.63) is 59.0 Å². The Morgan fingerprint density at radius 1 is 1.12 bits per heavy atom. The van der Waals surface area contributed by atoms with Crippen molar-refractivity contribution in [3.8, 4) is 0 Å². The Bertz CT molecular complexity index is 428. The van der Waals surface area contributed by atoms with Crippen LogP contribution >= 0.6 is 11.6 Å². The number of halogens is 1. The van der Waals surface area contributed by atoms with Crippen LogP contribution in [0, 0.1) is 0 Å². The van der Waals surface area contributed by atoms with Crippen molar-refractivity contribution in [3.63, 3.8) is 0 Å². The quantitative estimate of drug-likeness (QED) is 0.641. The molecule has 3 nitrogen and oxygen atoms in total. The molecule has 1 N–H and O–H groups in total. The molecule has 16 heavy (non-hydrogen) atoms. The minimum atomic E-state index is 0.389. The molecule has 1 aromatic carbocycles. The molecule has 2 aromatic rings. The maximum atomic E-state index is 5.63. The maximum absolute atomic E-state index is 5.63. The number of benzene rings is 1. The van der Waals surface area contributed by atoms with Crippen LogP contribution in [0.5, 0.6) is 0 Å². The zero-order valence-corrected chi connectivity index (χ0v) is 9.41. The molecule has 0 aliphatic carbocycles. The second-order valence-electron chi connectivity index (χ2n) is 3.30. The van der Waals surface area contributed by atoms with E-state index in [1.807, 2.05) is 30.3 Å². The first-order valence-corrected chi connectivity index (χ1v) is 5.35. The molecule has 0 fully saturated rings. The van der Waals surface area contributed by atoms with Crippen LogP contribution in [0.2, 0.25) is 5.22 Å². The first-order chi connectivity index (χ1) is 7.84. The van der Waals surface area contributed by atoms with Crippen molar-refractivity contribution in [2.24, 2.45) is 0 Å². The van der Waals surface area contributed by atoms with Crippen molar-refractivity contribution in [2.75, 3.05) is 0 Å². The number of hydroxylamine groups is 1. The van der Waals surface area contributed by atoms with Gasteiger partial charge in [0, 0.05) is 0 Å². The van der Waals surface area contributed by atoms with Gasteiger partial charge in [-0.05, 0) is 29.3 Å². The van der Waals surface area contributed by atoms with Crippen LogP contribution < -0.4 is 5.48 Å². The molecule has 4 heteroatoms. The standard InChI is InChI=1S/C12H12ClNO2/c13-12-7-6-11(16-12)8-14-15-9-10-4-2-1-3-5-10/h1-7,14H,8-9H2. The summed E-state index contributed by atoms with van der Waals surface area (Å²) >= 11 is 5.63. The lowest BCUT2D eigenvalue weighted by Gasteiger charge is -2.03. The summed E-state index contributed by atoms with van der Waals surface area (Å²) in [6.07, 6.45) is 0. The van der Waals surface area contributed by atoms with Gasteiger partial charge in [0.2, 0.25) is 0 Å². The van der Waals surface area contributed by atoms with E-state index >= 15 is 0 Å². The van der Waals surface area contributed by atoms with E-state index in [0.717, 1.165) is 11.3 Å². The van der Waals surface area contributed by atoms with Crippen molar-refractivity contribution >= 4 is 11.6 Å². The average molecular weight is 238 g/mol. The average Bonchev–Trinajstić information content (AvgIpc) is 2.72. The topological polar surface area (TPSA) is 34.4 Å². The van der Waals surface area contributed by atoms with E-state index in [4.69, 9.17) is 20.9 Å². The fraction of sp³-hybridized carbons (Fsp3) is 0.167. The van der Waals surface area contributed by atoms with E-state index in [-0.39, 0.29) is 0 Å². The molecule has 2 rings (SSSR count). The van der Waals surface area contributed by atoms with Gasteiger partial charge in [0.25, 0.3) is 0 Å². The Labute approximate surface area is 98.9 Å². The van der Waals surface area contributed by atoms with Crippen LogP contribution in [0.15, 0.2) is 46.9 Å². The predicted octanol–water partition coefficient (Wildman–Crippen LogP) is 3.15. The fourth-order valence-corrected chi connectivity index (χ4v) is 1.44. The Morgan fingerprint density at radius 2 is 1.94 bits per heavy atom. The van der Waals surface area contributed by atoms with Gasteiger partial charge < -0.3 is 4.42 Å². The zero-order chi connectivity index (χ0) is 11.2. The number of rotatable bonds is 5. The van der Waals surface area contributed by atoms with Gasteiger partial charge in [0.15, 0.2) is 5.22 Å². The van der Waals surface area contributed by atoms with Gasteiger partial charge in [0.1, 0.15) is 5.76 Å². The van der Waals surface area contributed by atoms with Crippen LogP contribution in [0.1, 0.15) is 11.3 Å². The molecule has 1 aromatic heterocycles. The highest BCUT2D eigenvalue weighted by molar-refractivity contribution is 6.28. The number of furan rings is 1. The van der Waals surface area contributed by atoms with Gasteiger partial charge in [-0.25, -0.2) is 0 Å². The molecular weight excluding hydrogens is 226 g/mol. The predicted molar refractivity (Wildman–Crippen MR) is 61.8 cm³/mol. The SMILES string of the molecule is Clc1ccc(CNOCc2ccccc2)o1. The van der Waals surface area contributed by atoms with Crippen LogP contribution in [-0.4, -0.2) is 0 Å². The lowest BCUT2D eigenvalue weighted by Crippen LogP contribution is -2.13. The van der Waals surface area contributed by atoms with Gasteiger partial charge in [-0.15, -0.1) is 0 Å². The molecule has 0 bridgehead atoms. The van der Waals surface area contributed by atoms with Gasteiger partial charge in [0.05, 0.1) is 13.2 Å². The molecule has 84 valence electrons. The Balaban J connectivity index is 1.69. The molecule has 0 amide bonds. The summed E-state index contributed by atoms with van der Waals surface area (Å²) in [6.45, 7) is 1.02. The highest BCUT2D eigenvalue weighted by Gasteiger charge is 1.98. The third-order valence-corrected chi connectivity index (χ3v) is 2.26. The van der Waals surface area contributed by atoms with Crippen LogP contribution in [0.4, 0.5) is 0 Å². The third-order valence-electron chi connectivity index (χ3n) is 2.06. The Morgan fingerprint density at radius 3 is 2.62 bits per heavy atom. The Hall–Kier alpha value is -1.29. The highest BCUT2D eigenvalue weighted by atomic mass is 35.5. The van der Waals surface area contributed by atoms with Crippen LogP contribution in [0.25, 0.3) is 0 Å². The van der Waals surface area contributed by atoms with E-state index in [9.17, 15) is 0 Å². The molecule has 0 radical (unpaired) electrons. The monoisotopic (exact) mass is 237 g/mol. The second kappa shape index (κ2) is 5.70. The minimum Gasteiger partial charge on any atom is -0.448 e. The van der Waals surface area contributed by atoms with E-state index in [1.165, 1.54) is 0 Å². The van der Waals surface area contributed by atoms with Crippen molar-refractivity contribution in [1.82, 2.24) is 5.48 Å². The first-order valence-electron chi connectivity index (χ1n) is 4.97. The van der Waals surface area contributed by atoms with Gasteiger partial charge in [-0.2, -0.15) is 5.48 Å². The third kappa shape index (κ3) is 3.38. The molecule has 0 saturated carbocycles. The molecule has 0 aliphatic heterocycles. The molecule has 1 heterocycles. The molecule has 0 unspecified atom stereocenters. The summed E-state index contributed by atoms with van der Waals surface area (Å²) in [5.74, 6) is 0.748. The lowest BCUT2D eigenvalue weighted by molar-refractivity contribution is 0.0202. The normalized spacial score (nSPS) is 10.6. The number of hydrogen-bond donors (Lipinski definition) is 1. The van der Waals surface area contributed by atoms with E-state index in [0.29, 0.717) is 18.4 Å². The number of hydrogen-bond acceptors (Lipinski definition) is 3. The van der Waals surface area contributed by atoms with Crippen molar-refractivity contribution < 1.29 is 9.25 Å². The molecule has 0 spiro atoms. The minimum absolute atomic E-state index is 0.389. The summed E-state index contributed by atoms with van der Waals surface area (Å²) in [7, 11) is 0. The van der Waals surface area contributed by atoms with Gasteiger partial charge in [-0.1, -0.05) is 30.3 Å². The molecular formula is C12H12ClNO2. The summed E-state index contributed by atoms with van der Waals surface area (Å²) in [6, 6.07) is 13.5. The maximum Gasteiger partial charge on any atom is 0.193 e. The zero-order valence-electron chi connectivity index (χ0n) is 8.65. The van der Waals surface area contributed by atoms with Gasteiger partial charge in [-0.3, -0.25) is 4.84 Å². The fourth-order valence-electron chi connectivity index (χ4n) is 1.28. The Kier molecular flexibility index (Phi) is 3.99. The van der Waals surface area contributed by atoms with E-state index in [2.05, 4.69) is 5.48 Å². The number of nitrogens with one attached hydrogen (secondary N) is 1. The van der Waals surface area contributed by atoms with E-state index < -0.39 is 0 Å². The van der Waals surface area contributed by atoms with Crippen molar-refractivity contribution in [1.29, 1.82) is 0 Å². The van der Waals surface area contributed by atoms with Gasteiger partial charge >= 0.3 is 0 Å². The molecule has 0 saturated heterocycles. The summed E-state index contributed by atoms with van der Waals surface area (Å²) in [5.41, 5.74) is 3.93. The molecule has 0 atom stereocenters. The second-order valence-corrected chi connectivity index (χ2v) is 3.67. The van der Waals surface area contributed by atoms with Crippen LogP contribution in [0.3, 0.4) is 0 Å². The summed E-state index contributed by atoms with van der Waals surface area (Å²) < 4.78 is 5.16. The lowest BCUT2D eigenvalue weighted by atomic mass is 10.2. The highest BCUT2D eigenvalue weighted by Crippen LogP contribution is 2.12. The summed E-state index contributed by atoms with van der Waals surface area (Å²) in [4.78, 5) is 5.28. The molecule has 0 aliphatic rings. The smallest absolute Gasteiger partial charge is 0.193 e. The largest absolute Gasteiger partial charge is 0.448 e. The summed E-state index contributed by atoms with van der Waals surface area (Å²) in [5, 5.41) is 0.389. The van der Waals surface area contributed by atoms with Crippen LogP contribution in [-0.2, 0) is 18.0 Å². The van der Waals surface area contributed by atoms with Crippen molar-refractivity contribution in [2.45, 2.75) is 13.2 Å². The van der Waals surface area contributed by atoms with E-state index in [1.54, 1.807) is 12.1 Å². The first kappa shape index (κ1) is 11.2.